The third-order valence-electron chi connectivity index (χ3n) is 3.83. The molecule has 0 unspecified atom stereocenters. The number of aromatic nitrogens is 5. The molecule has 0 bridgehead atoms. The summed E-state index contributed by atoms with van der Waals surface area (Å²) in [4.78, 5) is 16.2. The van der Waals surface area contributed by atoms with Crippen molar-refractivity contribution in [2.75, 3.05) is 5.32 Å². The number of fused-ring (bicyclic) bond motifs is 1. The van der Waals surface area contributed by atoms with Gasteiger partial charge in [0.05, 0.1) is 5.02 Å². The molecule has 0 spiro atoms. The molecule has 30 heavy (non-hydrogen) atoms. The summed E-state index contributed by atoms with van der Waals surface area (Å²) in [5, 5.41) is 13.9. The Morgan fingerprint density at radius 3 is 2.67 bits per heavy atom. The zero-order chi connectivity index (χ0) is 21.3. The van der Waals surface area contributed by atoms with Crippen LogP contribution in [0.4, 0.5) is 18.9 Å². The fourth-order valence-corrected chi connectivity index (χ4v) is 2.75. The van der Waals surface area contributed by atoms with E-state index < -0.39 is 17.8 Å². The van der Waals surface area contributed by atoms with Gasteiger partial charge in [-0.2, -0.15) is 23.4 Å². The highest BCUT2D eigenvalue weighted by Gasteiger charge is 2.34. The third-order valence-corrected chi connectivity index (χ3v) is 4.13. The van der Waals surface area contributed by atoms with E-state index in [-0.39, 0.29) is 33.7 Å². The van der Waals surface area contributed by atoms with Crippen molar-refractivity contribution in [1.82, 2.24) is 24.8 Å². The van der Waals surface area contributed by atoms with Crippen molar-refractivity contribution in [2.24, 2.45) is 0 Å². The lowest BCUT2D eigenvalue weighted by Crippen LogP contribution is -2.15. The zero-order valence-electron chi connectivity index (χ0n) is 14.8. The van der Waals surface area contributed by atoms with E-state index in [1.807, 2.05) is 0 Å². The number of nitrogens with zero attached hydrogens (tertiary/aromatic N) is 5. The standard InChI is InChI=1S/C18H10ClF3N6O2/c19-11-8-10(3-4-13(11)30-16-2-1-6-24-26-16)25-17(29)12-9-15-23-7-5-14(18(20,21)22)28(15)27-12/h1-9H,(H,25,29). The molecule has 12 heteroatoms. The van der Waals surface area contributed by atoms with E-state index >= 15 is 0 Å². The molecule has 0 aliphatic heterocycles. The van der Waals surface area contributed by atoms with Gasteiger partial charge in [-0.15, -0.1) is 5.10 Å². The first-order valence-electron chi connectivity index (χ1n) is 8.30. The molecule has 4 rings (SSSR count). The molecular weight excluding hydrogens is 425 g/mol. The van der Waals surface area contributed by atoms with E-state index in [0.29, 0.717) is 4.52 Å². The Morgan fingerprint density at radius 2 is 1.97 bits per heavy atom. The highest BCUT2D eigenvalue weighted by molar-refractivity contribution is 6.32. The highest BCUT2D eigenvalue weighted by Crippen LogP contribution is 2.31. The molecule has 8 nitrogen and oxygen atoms in total. The van der Waals surface area contributed by atoms with Crippen LogP contribution in [0.3, 0.4) is 0 Å². The molecule has 0 radical (unpaired) electrons. The Hall–Kier alpha value is -3.73. The summed E-state index contributed by atoms with van der Waals surface area (Å²) in [6.45, 7) is 0. The number of nitrogens with one attached hydrogen (secondary N) is 1. The number of rotatable bonds is 4. The van der Waals surface area contributed by atoms with E-state index in [2.05, 4.69) is 25.6 Å². The number of halogens is 4. The van der Waals surface area contributed by atoms with Gasteiger partial charge in [0.1, 0.15) is 11.4 Å². The normalized spacial score (nSPS) is 11.5. The van der Waals surface area contributed by atoms with Crippen LogP contribution < -0.4 is 10.1 Å². The van der Waals surface area contributed by atoms with Gasteiger partial charge in [0.25, 0.3) is 5.91 Å². The maximum absolute atomic E-state index is 13.1. The van der Waals surface area contributed by atoms with Crippen LogP contribution in [-0.2, 0) is 6.18 Å². The Kier molecular flexibility index (Phi) is 4.96. The molecule has 3 aromatic heterocycles. The van der Waals surface area contributed by atoms with Crippen LogP contribution in [0.5, 0.6) is 11.6 Å². The highest BCUT2D eigenvalue weighted by atomic mass is 35.5. The molecule has 0 aliphatic carbocycles. The van der Waals surface area contributed by atoms with Crippen LogP contribution in [0.25, 0.3) is 5.65 Å². The first-order valence-corrected chi connectivity index (χ1v) is 8.67. The molecule has 0 atom stereocenters. The van der Waals surface area contributed by atoms with Crippen LogP contribution in [0.1, 0.15) is 16.2 Å². The molecule has 4 aromatic rings. The second kappa shape index (κ2) is 7.59. The van der Waals surface area contributed by atoms with E-state index in [1.165, 1.54) is 24.4 Å². The Balaban J connectivity index is 1.55. The van der Waals surface area contributed by atoms with Gasteiger partial charge < -0.3 is 10.1 Å². The average molecular weight is 435 g/mol. The third kappa shape index (κ3) is 4.01. The molecule has 0 aliphatic rings. The molecule has 3 heterocycles. The number of hydrogen-bond acceptors (Lipinski definition) is 6. The number of amides is 1. The molecular formula is C18H10ClF3N6O2. The molecule has 1 aromatic carbocycles. The van der Waals surface area contributed by atoms with Crippen LogP contribution in [0.2, 0.25) is 5.02 Å². The maximum atomic E-state index is 13.1. The minimum absolute atomic E-state index is 0.110. The lowest BCUT2D eigenvalue weighted by atomic mass is 10.3. The summed E-state index contributed by atoms with van der Waals surface area (Å²) in [5.41, 5.74) is -1.10. The van der Waals surface area contributed by atoms with Gasteiger partial charge in [-0.1, -0.05) is 11.6 Å². The van der Waals surface area contributed by atoms with Crippen molar-refractivity contribution in [3.8, 4) is 11.6 Å². The molecule has 152 valence electrons. The largest absolute Gasteiger partial charge is 0.436 e. The first-order chi connectivity index (χ1) is 14.3. The predicted molar refractivity (Wildman–Crippen MR) is 99.5 cm³/mol. The van der Waals surface area contributed by atoms with E-state index in [4.69, 9.17) is 16.3 Å². The average Bonchev–Trinajstić information content (AvgIpc) is 3.14. The van der Waals surface area contributed by atoms with Crippen LogP contribution in [0.15, 0.2) is 54.9 Å². The summed E-state index contributed by atoms with van der Waals surface area (Å²) in [7, 11) is 0. The van der Waals surface area contributed by atoms with Crippen molar-refractivity contribution in [3.05, 3.63) is 71.3 Å². The number of carbonyl (C=O) groups is 1. The second-order valence-corrected chi connectivity index (χ2v) is 6.30. The van der Waals surface area contributed by atoms with Crippen molar-refractivity contribution in [1.29, 1.82) is 0 Å². The van der Waals surface area contributed by atoms with Gasteiger partial charge in [-0.05, 0) is 30.3 Å². The predicted octanol–water partition coefficient (Wildman–Crippen LogP) is 4.24. The lowest BCUT2D eigenvalue weighted by Gasteiger charge is -2.09. The maximum Gasteiger partial charge on any atom is 0.433 e. The lowest BCUT2D eigenvalue weighted by molar-refractivity contribution is -0.142. The molecule has 0 fully saturated rings. The summed E-state index contributed by atoms with van der Waals surface area (Å²) >= 11 is 6.16. The fraction of sp³-hybridized carbons (Fsp3) is 0.0556. The summed E-state index contributed by atoms with van der Waals surface area (Å²) in [5.74, 6) is -0.219. The van der Waals surface area contributed by atoms with E-state index in [0.717, 1.165) is 18.3 Å². The number of benzene rings is 1. The van der Waals surface area contributed by atoms with Gasteiger partial charge in [-0.25, -0.2) is 9.50 Å². The topological polar surface area (TPSA) is 94.3 Å². The minimum Gasteiger partial charge on any atom is -0.436 e. The molecule has 0 saturated heterocycles. The van der Waals surface area contributed by atoms with Crippen LogP contribution in [0, 0.1) is 0 Å². The molecule has 0 saturated carbocycles. The van der Waals surface area contributed by atoms with Crippen molar-refractivity contribution >= 4 is 28.8 Å². The monoisotopic (exact) mass is 434 g/mol. The molecule has 1 amide bonds. The zero-order valence-corrected chi connectivity index (χ0v) is 15.5. The fourth-order valence-electron chi connectivity index (χ4n) is 2.53. The van der Waals surface area contributed by atoms with Crippen LogP contribution >= 0.6 is 11.6 Å². The minimum atomic E-state index is -4.65. The summed E-state index contributed by atoms with van der Waals surface area (Å²) in [6, 6.07) is 9.57. The summed E-state index contributed by atoms with van der Waals surface area (Å²) < 4.78 is 45.3. The van der Waals surface area contributed by atoms with E-state index in [1.54, 1.807) is 12.1 Å². The van der Waals surface area contributed by atoms with Gasteiger partial charge >= 0.3 is 6.18 Å². The van der Waals surface area contributed by atoms with Crippen LogP contribution in [-0.4, -0.2) is 30.7 Å². The smallest absolute Gasteiger partial charge is 0.433 e. The summed E-state index contributed by atoms with van der Waals surface area (Å²) in [6.07, 6.45) is -2.16. The van der Waals surface area contributed by atoms with Crippen molar-refractivity contribution < 1.29 is 22.7 Å². The Bertz CT molecular complexity index is 1230. The van der Waals surface area contributed by atoms with E-state index in [9.17, 15) is 18.0 Å². The van der Waals surface area contributed by atoms with Crippen molar-refractivity contribution in [2.45, 2.75) is 6.18 Å². The first kappa shape index (κ1) is 19.6. The number of hydrogen-bond donors (Lipinski definition) is 1. The number of anilines is 1. The van der Waals surface area contributed by atoms with Gasteiger partial charge in [0.15, 0.2) is 11.3 Å². The van der Waals surface area contributed by atoms with Gasteiger partial charge in [0, 0.05) is 30.2 Å². The number of ether oxygens (including phenoxy) is 1. The van der Waals surface area contributed by atoms with Crippen molar-refractivity contribution in [3.63, 3.8) is 0 Å². The Labute approximate surface area is 171 Å². The Morgan fingerprint density at radius 1 is 1.13 bits per heavy atom. The SMILES string of the molecule is O=C(Nc1ccc(Oc2cccnn2)c(Cl)c1)c1cc2nccc(C(F)(F)F)n2n1. The number of carbonyl (C=O) groups excluding carboxylic acids is 1. The quantitative estimate of drug-likeness (QED) is 0.516. The van der Waals surface area contributed by atoms with Gasteiger partial charge in [-0.3, -0.25) is 4.79 Å². The number of alkyl halides is 3. The van der Waals surface area contributed by atoms with Gasteiger partial charge in [0.2, 0.25) is 5.88 Å². The molecule has 1 N–H and O–H groups in total. The second-order valence-electron chi connectivity index (χ2n) is 5.89.